The van der Waals surface area contributed by atoms with Crippen LogP contribution in [0.5, 0.6) is 0 Å². The highest BCUT2D eigenvalue weighted by molar-refractivity contribution is 5.96. The Morgan fingerprint density at radius 3 is 2.50 bits per heavy atom. The number of hydrogen-bond acceptors (Lipinski definition) is 4. The van der Waals surface area contributed by atoms with Crippen LogP contribution in [-0.2, 0) is 4.79 Å². The van der Waals surface area contributed by atoms with Gasteiger partial charge in [0.2, 0.25) is 5.91 Å². The second kappa shape index (κ2) is 5.27. The highest BCUT2D eigenvalue weighted by atomic mass is 16.2. The Bertz CT molecular complexity index is 272. The number of imide groups is 1. The standard InChI is InChI=1S/C10H20N4O2/c1-6-4-14(5-8(6)11)7(2)9(15)13-10(16)12-3/h6-8H,4-5,11H2,1-3H3,(H2,12,13,15,16). The Kier molecular flexibility index (Phi) is 4.26. The number of carbonyl (C=O) groups is 2. The zero-order chi connectivity index (χ0) is 12.3. The van der Waals surface area contributed by atoms with Gasteiger partial charge in [0.25, 0.3) is 0 Å². The van der Waals surface area contributed by atoms with Gasteiger partial charge in [-0.3, -0.25) is 15.0 Å². The van der Waals surface area contributed by atoms with E-state index in [-0.39, 0.29) is 18.0 Å². The van der Waals surface area contributed by atoms with Crippen molar-refractivity contribution in [3.05, 3.63) is 0 Å². The smallest absolute Gasteiger partial charge is 0.321 e. The molecule has 3 unspecified atom stereocenters. The van der Waals surface area contributed by atoms with Crippen molar-refractivity contribution in [2.75, 3.05) is 20.1 Å². The zero-order valence-corrected chi connectivity index (χ0v) is 9.99. The predicted molar refractivity (Wildman–Crippen MR) is 60.8 cm³/mol. The first-order valence-electron chi connectivity index (χ1n) is 5.48. The molecule has 0 radical (unpaired) electrons. The quantitative estimate of drug-likeness (QED) is 0.572. The van der Waals surface area contributed by atoms with Crippen LogP contribution in [0.3, 0.4) is 0 Å². The van der Waals surface area contributed by atoms with E-state index in [0.29, 0.717) is 12.5 Å². The molecule has 1 rings (SSSR count). The lowest BCUT2D eigenvalue weighted by atomic mass is 10.1. The number of urea groups is 1. The molecule has 0 aliphatic carbocycles. The number of amides is 3. The lowest BCUT2D eigenvalue weighted by Crippen LogP contribution is -2.48. The van der Waals surface area contributed by atoms with Crippen LogP contribution < -0.4 is 16.4 Å². The van der Waals surface area contributed by atoms with Crippen molar-refractivity contribution in [3.63, 3.8) is 0 Å². The molecular weight excluding hydrogens is 208 g/mol. The second-order valence-electron chi connectivity index (χ2n) is 4.34. The van der Waals surface area contributed by atoms with E-state index in [0.717, 1.165) is 6.54 Å². The molecule has 0 spiro atoms. The van der Waals surface area contributed by atoms with Gasteiger partial charge in [-0.05, 0) is 12.8 Å². The fourth-order valence-electron chi connectivity index (χ4n) is 1.79. The Labute approximate surface area is 95.5 Å². The molecule has 0 aromatic rings. The monoisotopic (exact) mass is 228 g/mol. The molecule has 3 atom stereocenters. The SMILES string of the molecule is CNC(=O)NC(=O)C(C)N1CC(C)C(N)C1. The van der Waals surface area contributed by atoms with Gasteiger partial charge >= 0.3 is 6.03 Å². The van der Waals surface area contributed by atoms with Crippen LogP contribution in [0.4, 0.5) is 4.79 Å². The summed E-state index contributed by atoms with van der Waals surface area (Å²) in [5.41, 5.74) is 5.88. The summed E-state index contributed by atoms with van der Waals surface area (Å²) >= 11 is 0. The maximum Gasteiger partial charge on any atom is 0.321 e. The molecule has 92 valence electrons. The number of nitrogens with one attached hydrogen (secondary N) is 2. The molecule has 0 saturated carbocycles. The van der Waals surface area contributed by atoms with Crippen molar-refractivity contribution < 1.29 is 9.59 Å². The van der Waals surface area contributed by atoms with Gasteiger partial charge in [0.15, 0.2) is 0 Å². The van der Waals surface area contributed by atoms with Crippen LogP contribution >= 0.6 is 0 Å². The molecule has 16 heavy (non-hydrogen) atoms. The maximum atomic E-state index is 11.7. The molecule has 1 aliphatic heterocycles. The fourth-order valence-corrected chi connectivity index (χ4v) is 1.79. The third kappa shape index (κ3) is 2.93. The van der Waals surface area contributed by atoms with Crippen molar-refractivity contribution in [3.8, 4) is 0 Å². The van der Waals surface area contributed by atoms with Gasteiger partial charge in [0.05, 0.1) is 6.04 Å². The number of carbonyl (C=O) groups excluding carboxylic acids is 2. The molecule has 6 nitrogen and oxygen atoms in total. The highest BCUT2D eigenvalue weighted by Crippen LogP contribution is 2.16. The van der Waals surface area contributed by atoms with E-state index in [1.54, 1.807) is 6.92 Å². The van der Waals surface area contributed by atoms with Crippen LogP contribution in [0.2, 0.25) is 0 Å². The van der Waals surface area contributed by atoms with Crippen LogP contribution in [0.25, 0.3) is 0 Å². The molecule has 0 aromatic carbocycles. The minimum Gasteiger partial charge on any atom is -0.341 e. The minimum atomic E-state index is -0.478. The van der Waals surface area contributed by atoms with E-state index in [1.807, 2.05) is 4.90 Å². The minimum absolute atomic E-state index is 0.107. The Hall–Kier alpha value is -1.14. The van der Waals surface area contributed by atoms with E-state index in [4.69, 9.17) is 5.73 Å². The zero-order valence-electron chi connectivity index (χ0n) is 9.99. The van der Waals surface area contributed by atoms with Crippen molar-refractivity contribution in [1.29, 1.82) is 0 Å². The largest absolute Gasteiger partial charge is 0.341 e. The number of rotatable bonds is 2. The highest BCUT2D eigenvalue weighted by Gasteiger charge is 2.32. The molecule has 1 aliphatic rings. The van der Waals surface area contributed by atoms with Crippen LogP contribution in [0.1, 0.15) is 13.8 Å². The van der Waals surface area contributed by atoms with Gasteiger partial charge in [-0.2, -0.15) is 0 Å². The average molecular weight is 228 g/mol. The first kappa shape index (κ1) is 12.9. The number of hydrogen-bond donors (Lipinski definition) is 3. The summed E-state index contributed by atoms with van der Waals surface area (Å²) in [7, 11) is 1.47. The number of nitrogens with zero attached hydrogens (tertiary/aromatic N) is 1. The first-order valence-corrected chi connectivity index (χ1v) is 5.48. The average Bonchev–Trinajstić information content (AvgIpc) is 2.57. The normalized spacial score (nSPS) is 27.5. The van der Waals surface area contributed by atoms with Gasteiger partial charge < -0.3 is 11.1 Å². The molecule has 0 bridgehead atoms. The molecule has 1 heterocycles. The van der Waals surface area contributed by atoms with E-state index in [1.165, 1.54) is 7.05 Å². The maximum absolute atomic E-state index is 11.7. The van der Waals surface area contributed by atoms with E-state index >= 15 is 0 Å². The molecule has 0 aromatic heterocycles. The summed E-state index contributed by atoms with van der Waals surface area (Å²) in [4.78, 5) is 24.6. The summed E-state index contributed by atoms with van der Waals surface area (Å²) in [6.07, 6.45) is 0. The van der Waals surface area contributed by atoms with Crippen molar-refractivity contribution in [2.45, 2.75) is 25.9 Å². The Balaban J connectivity index is 2.48. The van der Waals surface area contributed by atoms with Crippen LogP contribution in [-0.4, -0.2) is 49.1 Å². The van der Waals surface area contributed by atoms with E-state index in [2.05, 4.69) is 17.6 Å². The topological polar surface area (TPSA) is 87.5 Å². The van der Waals surface area contributed by atoms with Gasteiger partial charge in [-0.25, -0.2) is 4.79 Å². The predicted octanol–water partition coefficient (Wildman–Crippen LogP) is -0.890. The van der Waals surface area contributed by atoms with Crippen LogP contribution in [0.15, 0.2) is 0 Å². The Morgan fingerprint density at radius 1 is 1.44 bits per heavy atom. The molecule has 6 heteroatoms. The lowest BCUT2D eigenvalue weighted by molar-refractivity contribution is -0.124. The summed E-state index contributed by atoms with van der Waals surface area (Å²) in [5.74, 6) is 0.0934. The van der Waals surface area contributed by atoms with Gasteiger partial charge in [0.1, 0.15) is 0 Å². The third-order valence-corrected chi connectivity index (χ3v) is 3.09. The first-order chi connectivity index (χ1) is 7.45. The summed E-state index contributed by atoms with van der Waals surface area (Å²) < 4.78 is 0. The van der Waals surface area contributed by atoms with Crippen LogP contribution in [0, 0.1) is 5.92 Å². The fraction of sp³-hybridized carbons (Fsp3) is 0.800. The molecule has 3 amide bonds. The van der Waals surface area contributed by atoms with Gasteiger partial charge in [-0.15, -0.1) is 0 Å². The van der Waals surface area contributed by atoms with Gasteiger partial charge in [-0.1, -0.05) is 6.92 Å². The number of nitrogens with two attached hydrogens (primary N) is 1. The molecular formula is C10H20N4O2. The molecule has 1 saturated heterocycles. The van der Waals surface area contributed by atoms with Crippen molar-refractivity contribution in [2.24, 2.45) is 11.7 Å². The number of likely N-dealkylation sites (tertiary alicyclic amines) is 1. The molecule has 1 fully saturated rings. The van der Waals surface area contributed by atoms with Crippen molar-refractivity contribution in [1.82, 2.24) is 15.5 Å². The van der Waals surface area contributed by atoms with Gasteiger partial charge in [0, 0.05) is 26.2 Å². The molecule has 4 N–H and O–H groups in total. The third-order valence-electron chi connectivity index (χ3n) is 3.09. The van der Waals surface area contributed by atoms with E-state index in [9.17, 15) is 9.59 Å². The second-order valence-corrected chi connectivity index (χ2v) is 4.34. The van der Waals surface area contributed by atoms with E-state index < -0.39 is 6.03 Å². The summed E-state index contributed by atoms with van der Waals surface area (Å²) in [6, 6.07) is -0.697. The van der Waals surface area contributed by atoms with Crippen molar-refractivity contribution >= 4 is 11.9 Å². The lowest BCUT2D eigenvalue weighted by Gasteiger charge is -2.22. The summed E-state index contributed by atoms with van der Waals surface area (Å²) in [5, 5.41) is 4.61. The Morgan fingerprint density at radius 2 is 2.06 bits per heavy atom. The summed E-state index contributed by atoms with van der Waals surface area (Å²) in [6.45, 7) is 5.34.